The van der Waals surface area contributed by atoms with E-state index in [-0.39, 0.29) is 0 Å². The van der Waals surface area contributed by atoms with Crippen LogP contribution in [0.5, 0.6) is 11.5 Å². The summed E-state index contributed by atoms with van der Waals surface area (Å²) in [6, 6.07) is 15.8. The minimum Gasteiger partial charge on any atom is -0.491 e. The van der Waals surface area contributed by atoms with E-state index in [1.165, 1.54) is 50.5 Å². The number of nitrogens with two attached hydrogens (primary N) is 1. The summed E-state index contributed by atoms with van der Waals surface area (Å²) < 4.78 is 22.4. The van der Waals surface area contributed by atoms with E-state index < -0.39 is 0 Å². The van der Waals surface area contributed by atoms with Crippen molar-refractivity contribution in [3.8, 4) is 11.5 Å². The van der Waals surface area contributed by atoms with E-state index in [9.17, 15) is 0 Å². The van der Waals surface area contributed by atoms with E-state index in [0.717, 1.165) is 23.6 Å². The van der Waals surface area contributed by atoms with E-state index in [1.807, 2.05) is 24.3 Å². The largest absolute Gasteiger partial charge is 0.491 e. The molecule has 0 radical (unpaired) electrons. The van der Waals surface area contributed by atoms with Crippen LogP contribution in [0.15, 0.2) is 48.5 Å². The van der Waals surface area contributed by atoms with Crippen LogP contribution < -0.4 is 15.2 Å². The van der Waals surface area contributed by atoms with Crippen LogP contribution in [-0.4, -0.2) is 39.6 Å². The standard InChI is InChI=1S/C27H41NO4/c1-2-3-4-5-6-7-8-9-24-10-14-26(15-11-24)31-22-20-29-18-19-30-21-23-32-27-16-12-25(28)13-17-27/h10-17H,2-9,18-23,28H2,1H3. The Morgan fingerprint density at radius 3 is 1.59 bits per heavy atom. The highest BCUT2D eigenvalue weighted by molar-refractivity contribution is 5.41. The summed E-state index contributed by atoms with van der Waals surface area (Å²) in [4.78, 5) is 0. The molecule has 5 heteroatoms. The summed E-state index contributed by atoms with van der Waals surface area (Å²) in [5.41, 5.74) is 7.76. The fraction of sp³-hybridized carbons (Fsp3) is 0.556. The normalized spacial score (nSPS) is 10.9. The van der Waals surface area contributed by atoms with Crippen LogP contribution in [-0.2, 0) is 15.9 Å². The third-order valence-corrected chi connectivity index (χ3v) is 5.24. The molecule has 0 aromatic heterocycles. The molecule has 0 saturated heterocycles. The van der Waals surface area contributed by atoms with Gasteiger partial charge in [0.05, 0.1) is 26.4 Å². The number of hydrogen-bond donors (Lipinski definition) is 1. The lowest BCUT2D eigenvalue weighted by Crippen LogP contribution is -2.13. The van der Waals surface area contributed by atoms with E-state index in [1.54, 1.807) is 0 Å². The van der Waals surface area contributed by atoms with Gasteiger partial charge in [-0.1, -0.05) is 57.6 Å². The van der Waals surface area contributed by atoms with Crippen LogP contribution in [0.2, 0.25) is 0 Å². The van der Waals surface area contributed by atoms with Crippen LogP contribution in [0, 0.1) is 0 Å². The molecule has 0 bridgehead atoms. The highest BCUT2D eigenvalue weighted by Crippen LogP contribution is 2.15. The van der Waals surface area contributed by atoms with Crippen molar-refractivity contribution in [3.05, 3.63) is 54.1 Å². The first-order chi connectivity index (χ1) is 15.8. The maximum atomic E-state index is 5.75. The number of unbranched alkanes of at least 4 members (excludes halogenated alkanes) is 6. The molecule has 178 valence electrons. The fourth-order valence-corrected chi connectivity index (χ4v) is 3.36. The number of anilines is 1. The summed E-state index contributed by atoms with van der Waals surface area (Å²) in [5.74, 6) is 1.69. The van der Waals surface area contributed by atoms with E-state index in [0.29, 0.717) is 39.6 Å². The first-order valence-corrected chi connectivity index (χ1v) is 12.1. The third-order valence-electron chi connectivity index (χ3n) is 5.24. The molecule has 0 saturated carbocycles. The second-order valence-corrected chi connectivity index (χ2v) is 8.01. The van der Waals surface area contributed by atoms with Gasteiger partial charge < -0.3 is 24.7 Å². The molecule has 0 aliphatic rings. The molecule has 0 atom stereocenters. The van der Waals surface area contributed by atoms with Gasteiger partial charge in [0.15, 0.2) is 0 Å². The summed E-state index contributed by atoms with van der Waals surface area (Å²) in [5, 5.41) is 0. The maximum absolute atomic E-state index is 5.75. The maximum Gasteiger partial charge on any atom is 0.119 e. The molecular weight excluding hydrogens is 402 g/mol. The third kappa shape index (κ3) is 12.6. The molecule has 0 aliphatic heterocycles. The van der Waals surface area contributed by atoms with Crippen molar-refractivity contribution in [2.24, 2.45) is 0 Å². The van der Waals surface area contributed by atoms with Gasteiger partial charge in [0, 0.05) is 5.69 Å². The summed E-state index contributed by atoms with van der Waals surface area (Å²) in [6.07, 6.45) is 10.6. The summed E-state index contributed by atoms with van der Waals surface area (Å²) in [6.45, 7) is 5.46. The Morgan fingerprint density at radius 1 is 0.562 bits per heavy atom. The average molecular weight is 444 g/mol. The van der Waals surface area contributed by atoms with Gasteiger partial charge in [-0.25, -0.2) is 0 Å². The lowest BCUT2D eigenvalue weighted by Gasteiger charge is -2.09. The van der Waals surface area contributed by atoms with Crippen molar-refractivity contribution in [3.63, 3.8) is 0 Å². The molecule has 0 heterocycles. The van der Waals surface area contributed by atoms with Crippen LogP contribution >= 0.6 is 0 Å². The first-order valence-electron chi connectivity index (χ1n) is 12.1. The second-order valence-electron chi connectivity index (χ2n) is 8.01. The number of nitrogen functional groups attached to an aromatic ring is 1. The SMILES string of the molecule is CCCCCCCCCc1ccc(OCCOCCOCCOc2ccc(N)cc2)cc1. The van der Waals surface area contributed by atoms with Gasteiger partial charge in [0.1, 0.15) is 24.7 Å². The number of hydrogen-bond acceptors (Lipinski definition) is 5. The van der Waals surface area contributed by atoms with Gasteiger partial charge in [-0.3, -0.25) is 0 Å². The molecular formula is C27H41NO4. The van der Waals surface area contributed by atoms with Crippen molar-refractivity contribution in [1.82, 2.24) is 0 Å². The molecule has 0 spiro atoms. The van der Waals surface area contributed by atoms with Gasteiger partial charge >= 0.3 is 0 Å². The zero-order valence-electron chi connectivity index (χ0n) is 19.7. The minimum atomic E-state index is 0.502. The molecule has 2 aromatic rings. The number of ether oxygens (including phenoxy) is 4. The average Bonchev–Trinajstić information content (AvgIpc) is 2.82. The molecule has 5 nitrogen and oxygen atoms in total. The molecule has 0 unspecified atom stereocenters. The van der Waals surface area contributed by atoms with Crippen LogP contribution in [0.3, 0.4) is 0 Å². The first kappa shape index (κ1) is 26.0. The molecule has 2 rings (SSSR count). The predicted octanol–water partition coefficient (Wildman–Crippen LogP) is 6.05. The Hall–Kier alpha value is -2.24. The van der Waals surface area contributed by atoms with Crippen molar-refractivity contribution in [1.29, 1.82) is 0 Å². The number of rotatable bonds is 19. The van der Waals surface area contributed by atoms with Crippen molar-refractivity contribution >= 4 is 5.69 Å². The Morgan fingerprint density at radius 2 is 1.03 bits per heavy atom. The van der Waals surface area contributed by atoms with Crippen molar-refractivity contribution in [2.45, 2.75) is 58.3 Å². The Balaban J connectivity index is 1.39. The van der Waals surface area contributed by atoms with Crippen LogP contribution in [0.1, 0.15) is 57.4 Å². The monoisotopic (exact) mass is 443 g/mol. The predicted molar refractivity (Wildman–Crippen MR) is 132 cm³/mol. The smallest absolute Gasteiger partial charge is 0.119 e. The lowest BCUT2D eigenvalue weighted by atomic mass is 10.0. The Labute approximate surface area is 194 Å². The van der Waals surface area contributed by atoms with Gasteiger partial charge in [0.25, 0.3) is 0 Å². The van der Waals surface area contributed by atoms with Gasteiger partial charge in [-0.05, 0) is 54.8 Å². The van der Waals surface area contributed by atoms with Gasteiger partial charge in [-0.2, -0.15) is 0 Å². The van der Waals surface area contributed by atoms with Crippen LogP contribution in [0.4, 0.5) is 5.69 Å². The van der Waals surface area contributed by atoms with Gasteiger partial charge in [-0.15, -0.1) is 0 Å². The molecule has 0 aliphatic carbocycles. The second kappa shape index (κ2) is 17.3. The van der Waals surface area contributed by atoms with Crippen molar-refractivity contribution < 1.29 is 18.9 Å². The topological polar surface area (TPSA) is 62.9 Å². The van der Waals surface area contributed by atoms with E-state index in [4.69, 9.17) is 24.7 Å². The highest BCUT2D eigenvalue weighted by Gasteiger charge is 1.98. The van der Waals surface area contributed by atoms with E-state index in [2.05, 4.69) is 31.2 Å². The minimum absolute atomic E-state index is 0.502. The zero-order chi connectivity index (χ0) is 22.7. The fourth-order valence-electron chi connectivity index (χ4n) is 3.36. The summed E-state index contributed by atoms with van der Waals surface area (Å²) in [7, 11) is 0. The quantitative estimate of drug-likeness (QED) is 0.211. The Kier molecular flexibility index (Phi) is 14.1. The molecule has 0 fully saturated rings. The summed E-state index contributed by atoms with van der Waals surface area (Å²) >= 11 is 0. The molecule has 0 amide bonds. The zero-order valence-corrected chi connectivity index (χ0v) is 19.7. The lowest BCUT2D eigenvalue weighted by molar-refractivity contribution is 0.0273. The molecule has 2 aromatic carbocycles. The van der Waals surface area contributed by atoms with Crippen LogP contribution in [0.25, 0.3) is 0 Å². The number of aryl methyl sites for hydroxylation is 1. The Bertz CT molecular complexity index is 688. The van der Waals surface area contributed by atoms with Gasteiger partial charge in [0.2, 0.25) is 0 Å². The van der Waals surface area contributed by atoms with Crippen molar-refractivity contribution in [2.75, 3.05) is 45.4 Å². The molecule has 32 heavy (non-hydrogen) atoms. The number of benzene rings is 2. The van der Waals surface area contributed by atoms with E-state index >= 15 is 0 Å². The molecule has 2 N–H and O–H groups in total. The highest BCUT2D eigenvalue weighted by atomic mass is 16.6.